The average molecular weight is 482 g/mol. The van der Waals surface area contributed by atoms with Gasteiger partial charge in [0.05, 0.1) is 17.7 Å². The molecule has 0 unspecified atom stereocenters. The minimum atomic E-state index is -3.96. The van der Waals surface area contributed by atoms with Gasteiger partial charge >= 0.3 is 5.69 Å². The number of nitrogens with zero attached hydrogens (tertiary/aromatic N) is 3. The Balaban J connectivity index is 1.51. The first-order chi connectivity index (χ1) is 16.2. The van der Waals surface area contributed by atoms with Crippen molar-refractivity contribution in [1.82, 2.24) is 19.5 Å². The number of amides is 1. The number of aromatic nitrogens is 4. The van der Waals surface area contributed by atoms with Crippen LogP contribution in [0.4, 0.5) is 11.6 Å². The van der Waals surface area contributed by atoms with Crippen molar-refractivity contribution in [3.63, 3.8) is 0 Å². The molecule has 13 heteroatoms. The van der Waals surface area contributed by atoms with E-state index >= 15 is 0 Å². The molecule has 0 saturated heterocycles. The smallest absolute Gasteiger partial charge is 0.328 e. The van der Waals surface area contributed by atoms with Gasteiger partial charge in [-0.05, 0) is 49.4 Å². The molecule has 3 aromatic heterocycles. The minimum Gasteiger partial charge on any atom is -0.467 e. The number of nitrogens with one attached hydrogen (secondary N) is 3. The molecule has 174 valence electrons. The molecule has 0 atom stereocenters. The van der Waals surface area contributed by atoms with Crippen LogP contribution in [0.15, 0.2) is 80.0 Å². The minimum absolute atomic E-state index is 0.0683. The van der Waals surface area contributed by atoms with Gasteiger partial charge in [-0.3, -0.25) is 14.2 Å². The van der Waals surface area contributed by atoms with Crippen LogP contribution in [0.3, 0.4) is 0 Å². The first-order valence-corrected chi connectivity index (χ1v) is 11.3. The van der Waals surface area contributed by atoms with Gasteiger partial charge in [0.15, 0.2) is 0 Å². The van der Waals surface area contributed by atoms with Gasteiger partial charge in [-0.15, -0.1) is 0 Å². The van der Waals surface area contributed by atoms with E-state index in [1.54, 1.807) is 25.1 Å². The van der Waals surface area contributed by atoms with Gasteiger partial charge < -0.3 is 14.7 Å². The highest BCUT2D eigenvalue weighted by molar-refractivity contribution is 7.92. The van der Waals surface area contributed by atoms with Crippen LogP contribution in [0.5, 0.6) is 0 Å². The van der Waals surface area contributed by atoms with E-state index in [-0.39, 0.29) is 28.6 Å². The van der Waals surface area contributed by atoms with E-state index in [0.717, 1.165) is 10.8 Å². The molecular weight excluding hydrogens is 464 g/mol. The van der Waals surface area contributed by atoms with Crippen molar-refractivity contribution in [2.24, 2.45) is 0 Å². The topological polar surface area (TPSA) is 169 Å². The van der Waals surface area contributed by atoms with Gasteiger partial charge in [0.1, 0.15) is 11.3 Å². The lowest BCUT2D eigenvalue weighted by molar-refractivity contribution is 0.102. The van der Waals surface area contributed by atoms with Gasteiger partial charge in [-0.2, -0.15) is 0 Å². The Hall–Kier alpha value is -4.52. The summed E-state index contributed by atoms with van der Waals surface area (Å²) in [6.07, 6.45) is 3.85. The van der Waals surface area contributed by atoms with Crippen LogP contribution in [0, 0.1) is 6.92 Å². The highest BCUT2D eigenvalue weighted by Gasteiger charge is 2.18. The van der Waals surface area contributed by atoms with E-state index in [1.165, 1.54) is 36.7 Å². The van der Waals surface area contributed by atoms with Gasteiger partial charge in [-0.25, -0.2) is 27.9 Å². The van der Waals surface area contributed by atoms with E-state index < -0.39 is 27.2 Å². The van der Waals surface area contributed by atoms with E-state index in [2.05, 4.69) is 25.0 Å². The summed E-state index contributed by atoms with van der Waals surface area (Å²) in [6.45, 7) is 1.55. The van der Waals surface area contributed by atoms with Crippen molar-refractivity contribution in [2.45, 2.75) is 18.4 Å². The predicted molar refractivity (Wildman–Crippen MR) is 121 cm³/mol. The van der Waals surface area contributed by atoms with E-state index in [0.29, 0.717) is 11.5 Å². The SMILES string of the molecule is Cc1ccnc(NS(=O)(=O)c2ccc(NC(=O)c3c[nH]c(=O)n(Cc4ccco4)c3=O)cc2)n1. The maximum Gasteiger partial charge on any atom is 0.328 e. The number of anilines is 2. The highest BCUT2D eigenvalue weighted by Crippen LogP contribution is 2.17. The second-order valence-corrected chi connectivity index (χ2v) is 8.77. The maximum atomic E-state index is 12.7. The van der Waals surface area contributed by atoms with Gasteiger partial charge in [0.25, 0.3) is 21.5 Å². The summed E-state index contributed by atoms with van der Waals surface area (Å²) in [5, 5.41) is 2.50. The molecule has 4 aromatic rings. The normalized spacial score (nSPS) is 11.2. The third-order valence-electron chi connectivity index (χ3n) is 4.64. The van der Waals surface area contributed by atoms with Crippen LogP contribution in [-0.2, 0) is 16.6 Å². The quantitative estimate of drug-likeness (QED) is 0.354. The second-order valence-electron chi connectivity index (χ2n) is 7.08. The number of sulfonamides is 1. The van der Waals surface area contributed by atoms with Crippen molar-refractivity contribution in [2.75, 3.05) is 10.0 Å². The lowest BCUT2D eigenvalue weighted by atomic mass is 10.2. The number of aryl methyl sites for hydroxylation is 1. The molecule has 0 fully saturated rings. The van der Waals surface area contributed by atoms with Gasteiger partial charge in [-0.1, -0.05) is 0 Å². The van der Waals surface area contributed by atoms with Crippen molar-refractivity contribution >= 4 is 27.6 Å². The number of rotatable bonds is 7. The summed E-state index contributed by atoms with van der Waals surface area (Å²) >= 11 is 0. The molecule has 0 bridgehead atoms. The molecule has 0 aliphatic carbocycles. The lowest BCUT2D eigenvalue weighted by Gasteiger charge is -2.09. The summed E-state index contributed by atoms with van der Waals surface area (Å²) in [5.74, 6) is -0.482. The van der Waals surface area contributed by atoms with Crippen molar-refractivity contribution < 1.29 is 17.6 Å². The number of benzene rings is 1. The number of aromatic amines is 1. The van der Waals surface area contributed by atoms with Crippen LogP contribution in [0.25, 0.3) is 0 Å². The lowest BCUT2D eigenvalue weighted by Crippen LogP contribution is -2.39. The summed E-state index contributed by atoms with van der Waals surface area (Å²) in [4.78, 5) is 47.5. The summed E-state index contributed by atoms with van der Waals surface area (Å²) in [5.41, 5.74) is -0.979. The molecule has 3 N–H and O–H groups in total. The Kier molecular flexibility index (Phi) is 6.10. The largest absolute Gasteiger partial charge is 0.467 e. The molecule has 1 amide bonds. The molecule has 0 aliphatic heterocycles. The fourth-order valence-electron chi connectivity index (χ4n) is 2.97. The van der Waals surface area contributed by atoms with Crippen LogP contribution >= 0.6 is 0 Å². The van der Waals surface area contributed by atoms with Crippen LogP contribution in [-0.4, -0.2) is 33.8 Å². The Morgan fingerprint density at radius 1 is 1.15 bits per heavy atom. The Bertz CT molecular complexity index is 1560. The van der Waals surface area contributed by atoms with Crippen LogP contribution in [0.1, 0.15) is 21.8 Å². The molecule has 0 radical (unpaired) electrons. The molecule has 4 rings (SSSR count). The molecule has 0 spiro atoms. The summed E-state index contributed by atoms with van der Waals surface area (Å²) in [6, 6.07) is 10.1. The number of hydrogen-bond donors (Lipinski definition) is 3. The third kappa shape index (κ3) is 4.94. The molecule has 1 aromatic carbocycles. The first kappa shape index (κ1) is 22.7. The number of carbonyl (C=O) groups is 1. The predicted octanol–water partition coefficient (Wildman–Crippen LogP) is 1.33. The molecular formula is C21H18N6O6S. The zero-order chi connectivity index (χ0) is 24.3. The molecule has 34 heavy (non-hydrogen) atoms. The molecule has 12 nitrogen and oxygen atoms in total. The first-order valence-electron chi connectivity index (χ1n) is 9.82. The monoisotopic (exact) mass is 482 g/mol. The van der Waals surface area contributed by atoms with Gasteiger partial charge in [0.2, 0.25) is 5.95 Å². The van der Waals surface area contributed by atoms with Crippen molar-refractivity contribution in [3.8, 4) is 0 Å². The van der Waals surface area contributed by atoms with Crippen LogP contribution in [0.2, 0.25) is 0 Å². The summed E-state index contributed by atoms with van der Waals surface area (Å²) in [7, 11) is -3.96. The number of carbonyl (C=O) groups excluding carboxylic acids is 1. The molecule has 0 aliphatic rings. The fourth-order valence-corrected chi connectivity index (χ4v) is 3.92. The Labute approximate surface area is 192 Å². The molecule has 0 saturated carbocycles. The third-order valence-corrected chi connectivity index (χ3v) is 5.99. The zero-order valence-electron chi connectivity index (χ0n) is 17.7. The van der Waals surface area contributed by atoms with Gasteiger partial charge in [0, 0.05) is 23.8 Å². The highest BCUT2D eigenvalue weighted by atomic mass is 32.2. The average Bonchev–Trinajstić information content (AvgIpc) is 3.30. The number of H-pyrrole nitrogens is 1. The fraction of sp³-hybridized carbons (Fsp3) is 0.0952. The zero-order valence-corrected chi connectivity index (χ0v) is 18.5. The molecule has 3 heterocycles. The van der Waals surface area contributed by atoms with Crippen molar-refractivity contribution in [1.29, 1.82) is 0 Å². The second kappa shape index (κ2) is 9.15. The standard InChI is InChI=1S/C21H18N6O6S/c1-13-8-9-22-20(24-13)26-34(31,32)16-6-4-14(5-7-16)25-18(28)17-11-23-21(30)27(19(17)29)12-15-3-2-10-33-15/h2-11H,12H2,1H3,(H,23,30)(H,25,28)(H,22,24,26). The Morgan fingerprint density at radius 2 is 1.91 bits per heavy atom. The number of furan rings is 1. The van der Waals surface area contributed by atoms with E-state index in [9.17, 15) is 22.8 Å². The van der Waals surface area contributed by atoms with E-state index in [4.69, 9.17) is 4.42 Å². The summed E-state index contributed by atoms with van der Waals surface area (Å²) < 4.78 is 33.4. The van der Waals surface area contributed by atoms with Crippen molar-refractivity contribution in [3.05, 3.63) is 99.0 Å². The maximum absolute atomic E-state index is 12.7. The number of hydrogen-bond acceptors (Lipinski definition) is 8. The van der Waals surface area contributed by atoms with Crippen LogP contribution < -0.4 is 21.3 Å². The van der Waals surface area contributed by atoms with E-state index in [1.807, 2.05) is 0 Å². The Morgan fingerprint density at radius 3 is 2.59 bits per heavy atom.